The van der Waals surface area contributed by atoms with Gasteiger partial charge in [-0.2, -0.15) is 0 Å². The third-order valence-corrected chi connectivity index (χ3v) is 7.25. The van der Waals surface area contributed by atoms with Crippen molar-refractivity contribution in [2.24, 2.45) is 11.7 Å². The maximum Gasteiger partial charge on any atom is 0.303 e. The number of carboxylic acids is 1. The average molecular weight is 521 g/mol. The fourth-order valence-corrected chi connectivity index (χ4v) is 4.99. The van der Waals surface area contributed by atoms with Crippen LogP contribution in [0.2, 0.25) is 0 Å². The lowest BCUT2D eigenvalue weighted by atomic mass is 9.92. The number of carboxylic acid groups (broad SMARTS) is 1. The van der Waals surface area contributed by atoms with E-state index in [1.807, 2.05) is 42.5 Å². The predicted molar refractivity (Wildman–Crippen MR) is 145 cm³/mol. The van der Waals surface area contributed by atoms with Gasteiger partial charge in [-0.1, -0.05) is 61.5 Å². The van der Waals surface area contributed by atoms with Gasteiger partial charge >= 0.3 is 5.97 Å². The highest BCUT2D eigenvalue weighted by Gasteiger charge is 2.26. The topological polar surface area (TPSA) is 127 Å². The van der Waals surface area contributed by atoms with E-state index in [9.17, 15) is 19.2 Å². The van der Waals surface area contributed by atoms with Gasteiger partial charge in [-0.05, 0) is 53.0 Å². The number of benzene rings is 2. The minimum Gasteiger partial charge on any atom is -0.481 e. The fraction of sp³-hybridized carbons (Fsp3) is 0.310. The molecule has 0 spiro atoms. The maximum atomic E-state index is 12.6. The number of hydrogen-bond acceptors (Lipinski definition) is 5. The van der Waals surface area contributed by atoms with E-state index in [0.717, 1.165) is 11.1 Å². The summed E-state index contributed by atoms with van der Waals surface area (Å²) in [7, 11) is 0. The molecule has 0 saturated heterocycles. The zero-order valence-corrected chi connectivity index (χ0v) is 21.6. The van der Waals surface area contributed by atoms with E-state index in [4.69, 9.17) is 10.8 Å². The third-order valence-electron chi connectivity index (χ3n) is 6.27. The van der Waals surface area contributed by atoms with Crippen molar-refractivity contribution in [3.63, 3.8) is 0 Å². The molecule has 7 nitrogen and oxygen atoms in total. The van der Waals surface area contributed by atoms with Gasteiger partial charge in [0.15, 0.2) is 5.78 Å². The molecule has 0 fully saturated rings. The molecule has 0 aliphatic carbocycles. The molecule has 0 radical (unpaired) electrons. The number of aryl methyl sites for hydroxylation is 1. The summed E-state index contributed by atoms with van der Waals surface area (Å²) >= 11 is 1.69. The molecular weight excluding hydrogens is 488 g/mol. The second-order valence-electron chi connectivity index (χ2n) is 8.99. The first-order valence-electron chi connectivity index (χ1n) is 12.3. The summed E-state index contributed by atoms with van der Waals surface area (Å²) < 4.78 is 0. The predicted octanol–water partition coefficient (Wildman–Crippen LogP) is 4.84. The number of primary amides is 1. The molecule has 37 heavy (non-hydrogen) atoms. The van der Waals surface area contributed by atoms with E-state index < -0.39 is 23.8 Å². The fourth-order valence-electron chi connectivity index (χ4n) is 4.07. The van der Waals surface area contributed by atoms with Gasteiger partial charge in [0.25, 0.3) is 0 Å². The highest BCUT2D eigenvalue weighted by atomic mass is 32.1. The third kappa shape index (κ3) is 8.39. The molecule has 2 atom stereocenters. The standard InChI is InChI=1S/C29H32N2O5S/c1-2-24(25(32)16-22(29(30)36)13-15-28(34)35)31-27(33)14-10-19-8-11-21(12-9-19)26-17-23(18-37-26)20-6-4-3-5-7-20/h3-9,11-12,17-18,22,24H,2,10,13-16H2,1H3,(H2,30,36)(H,31,33)(H,34,35)/t22-,24+/m1/s1. The van der Waals surface area contributed by atoms with Gasteiger partial charge in [-0.25, -0.2) is 0 Å². The van der Waals surface area contributed by atoms with E-state index in [-0.39, 0.29) is 37.4 Å². The number of nitrogens with one attached hydrogen (secondary N) is 1. The molecule has 3 rings (SSSR count). The van der Waals surface area contributed by atoms with Crippen LogP contribution >= 0.6 is 11.3 Å². The summed E-state index contributed by atoms with van der Waals surface area (Å²) in [5, 5.41) is 13.7. The summed E-state index contributed by atoms with van der Waals surface area (Å²) in [6.45, 7) is 1.77. The number of carbonyl (C=O) groups excluding carboxylic acids is 3. The van der Waals surface area contributed by atoms with Crippen molar-refractivity contribution in [2.45, 2.75) is 51.5 Å². The van der Waals surface area contributed by atoms with E-state index >= 15 is 0 Å². The summed E-state index contributed by atoms with van der Waals surface area (Å²) in [6, 6.07) is 19.8. The Balaban J connectivity index is 1.51. The first-order chi connectivity index (χ1) is 17.8. The number of ketones is 1. The molecule has 0 aliphatic rings. The molecule has 0 unspecified atom stereocenters. The van der Waals surface area contributed by atoms with Crippen molar-refractivity contribution in [2.75, 3.05) is 0 Å². The molecular formula is C29H32N2O5S. The van der Waals surface area contributed by atoms with E-state index in [2.05, 4.69) is 28.9 Å². The number of Topliss-reactive ketones (excluding diaryl/α,β-unsaturated/α-hetero) is 1. The van der Waals surface area contributed by atoms with Gasteiger partial charge in [0.2, 0.25) is 11.8 Å². The Morgan fingerprint density at radius 2 is 1.65 bits per heavy atom. The monoisotopic (exact) mass is 520 g/mol. The van der Waals surface area contributed by atoms with E-state index in [1.54, 1.807) is 18.3 Å². The lowest BCUT2D eigenvalue weighted by Crippen LogP contribution is -2.42. The lowest BCUT2D eigenvalue weighted by molar-refractivity contribution is -0.138. The number of carbonyl (C=O) groups is 4. The van der Waals surface area contributed by atoms with Crippen molar-refractivity contribution in [1.29, 1.82) is 0 Å². The van der Waals surface area contributed by atoms with Crippen LogP contribution in [0.3, 0.4) is 0 Å². The number of aliphatic carboxylic acids is 1. The minimum atomic E-state index is -1.06. The molecule has 3 aromatic rings. The molecule has 0 saturated carbocycles. The number of rotatable bonds is 14. The molecule has 2 amide bonds. The van der Waals surface area contributed by atoms with Crippen molar-refractivity contribution >= 4 is 34.9 Å². The largest absolute Gasteiger partial charge is 0.481 e. The summed E-state index contributed by atoms with van der Waals surface area (Å²) in [6.07, 6.45) is 0.684. The minimum absolute atomic E-state index is 0.00414. The van der Waals surface area contributed by atoms with Crippen LogP contribution in [-0.2, 0) is 25.6 Å². The number of thiophene rings is 1. The molecule has 194 valence electrons. The molecule has 4 N–H and O–H groups in total. The highest BCUT2D eigenvalue weighted by Crippen LogP contribution is 2.32. The molecule has 0 bridgehead atoms. The maximum absolute atomic E-state index is 12.6. The van der Waals surface area contributed by atoms with E-state index in [0.29, 0.717) is 12.8 Å². The van der Waals surface area contributed by atoms with Crippen molar-refractivity contribution in [3.05, 3.63) is 71.6 Å². The van der Waals surface area contributed by atoms with Crippen LogP contribution in [0.25, 0.3) is 21.6 Å². The Kier molecular flexibility index (Phi) is 10.1. The van der Waals surface area contributed by atoms with Crippen molar-refractivity contribution in [1.82, 2.24) is 5.32 Å². The Morgan fingerprint density at radius 3 is 2.27 bits per heavy atom. The molecule has 8 heteroatoms. The Labute approximate surface area is 220 Å². The summed E-state index contributed by atoms with van der Waals surface area (Å²) in [4.78, 5) is 48.7. The second kappa shape index (κ2) is 13.5. The van der Waals surface area contributed by atoms with Crippen LogP contribution in [0, 0.1) is 5.92 Å². The summed E-state index contributed by atoms with van der Waals surface area (Å²) in [5.74, 6) is -3.20. The lowest BCUT2D eigenvalue weighted by Gasteiger charge is -2.19. The van der Waals surface area contributed by atoms with Gasteiger partial charge in [0.05, 0.1) is 6.04 Å². The highest BCUT2D eigenvalue weighted by molar-refractivity contribution is 7.14. The number of hydrogen-bond donors (Lipinski definition) is 3. The zero-order valence-electron chi connectivity index (χ0n) is 20.8. The SMILES string of the molecule is CC[C@H](NC(=O)CCc1ccc(-c2cc(-c3ccccc3)cs2)cc1)C(=O)C[C@@H](CCC(=O)O)C(N)=O. The van der Waals surface area contributed by atoms with Gasteiger partial charge in [-0.15, -0.1) is 11.3 Å². The molecule has 0 aliphatic heterocycles. The Bertz CT molecular complexity index is 1220. The van der Waals surface area contributed by atoms with Gasteiger partial charge in [0.1, 0.15) is 0 Å². The van der Waals surface area contributed by atoms with Gasteiger partial charge in [-0.3, -0.25) is 19.2 Å². The average Bonchev–Trinajstić information content (AvgIpc) is 3.39. The van der Waals surface area contributed by atoms with Crippen LogP contribution in [0.5, 0.6) is 0 Å². The normalized spacial score (nSPS) is 12.5. The number of amides is 2. The zero-order chi connectivity index (χ0) is 26.8. The second-order valence-corrected chi connectivity index (χ2v) is 9.90. The van der Waals surface area contributed by atoms with Gasteiger partial charge in [0, 0.05) is 30.1 Å². The first kappa shape index (κ1) is 27.8. The molecule has 1 heterocycles. The molecule has 2 aromatic carbocycles. The van der Waals surface area contributed by atoms with Crippen molar-refractivity contribution in [3.8, 4) is 21.6 Å². The first-order valence-corrected chi connectivity index (χ1v) is 13.2. The van der Waals surface area contributed by atoms with Gasteiger partial charge < -0.3 is 16.2 Å². The van der Waals surface area contributed by atoms with Crippen LogP contribution < -0.4 is 11.1 Å². The Morgan fingerprint density at radius 1 is 0.946 bits per heavy atom. The van der Waals surface area contributed by atoms with Crippen molar-refractivity contribution < 1.29 is 24.3 Å². The van der Waals surface area contributed by atoms with Crippen LogP contribution in [0.1, 0.15) is 44.6 Å². The van der Waals surface area contributed by atoms with E-state index in [1.165, 1.54) is 16.0 Å². The van der Waals surface area contributed by atoms with Crippen LogP contribution in [-0.4, -0.2) is 34.7 Å². The van der Waals surface area contributed by atoms with Crippen LogP contribution in [0.4, 0.5) is 0 Å². The summed E-state index contributed by atoms with van der Waals surface area (Å²) in [5.41, 5.74) is 9.83. The molecule has 1 aromatic heterocycles. The van der Waals surface area contributed by atoms with Crippen LogP contribution in [0.15, 0.2) is 66.0 Å². The quantitative estimate of drug-likeness (QED) is 0.280. The Hall–Kier alpha value is -3.78. The smallest absolute Gasteiger partial charge is 0.303 e. The number of nitrogens with two attached hydrogens (primary N) is 1.